The normalized spacial score (nSPS) is 19.1. The third kappa shape index (κ3) is 5.52. The van der Waals surface area contributed by atoms with E-state index in [1.54, 1.807) is 11.0 Å². The molecule has 1 fully saturated rings. The summed E-state index contributed by atoms with van der Waals surface area (Å²) in [5.74, 6) is -1.95. The van der Waals surface area contributed by atoms with Crippen LogP contribution in [-0.4, -0.2) is 67.2 Å². The number of rotatable bonds is 4. The molecule has 39 heavy (non-hydrogen) atoms. The number of alkyl halides is 3. The van der Waals surface area contributed by atoms with Gasteiger partial charge in [-0.25, -0.2) is 4.79 Å². The Morgan fingerprint density at radius 1 is 1.23 bits per heavy atom. The highest BCUT2D eigenvalue weighted by Crippen LogP contribution is 2.34. The lowest BCUT2D eigenvalue weighted by Crippen LogP contribution is -2.45. The summed E-state index contributed by atoms with van der Waals surface area (Å²) in [5.41, 5.74) is 1.54. The van der Waals surface area contributed by atoms with Gasteiger partial charge in [-0.3, -0.25) is 24.2 Å². The first kappa shape index (κ1) is 26.8. The SMILES string of the molecule is N#Cc1cn(C2CCN(C(=O)C[C@@H]3CCc4cc(Cl)c5[nH]ncc5c4CN(CC(F)(F)F)C3=O)CC2)c(=O)[nH]1. The Kier molecular flexibility index (Phi) is 7.15. The van der Waals surface area contributed by atoms with Gasteiger partial charge in [-0.2, -0.15) is 23.5 Å². The van der Waals surface area contributed by atoms with E-state index in [1.807, 2.05) is 6.07 Å². The van der Waals surface area contributed by atoms with E-state index < -0.39 is 30.2 Å². The van der Waals surface area contributed by atoms with Crippen LogP contribution in [-0.2, 0) is 22.6 Å². The van der Waals surface area contributed by atoms with Gasteiger partial charge < -0.3 is 9.80 Å². The lowest BCUT2D eigenvalue weighted by atomic mass is 9.88. The summed E-state index contributed by atoms with van der Waals surface area (Å²) >= 11 is 6.37. The number of carbonyl (C=O) groups excluding carboxylic acids is 2. The molecule has 1 atom stereocenters. The molecule has 2 aromatic heterocycles. The number of benzene rings is 1. The van der Waals surface area contributed by atoms with Gasteiger partial charge in [-0.15, -0.1) is 0 Å². The number of H-pyrrole nitrogens is 2. The summed E-state index contributed by atoms with van der Waals surface area (Å²) < 4.78 is 41.9. The van der Waals surface area contributed by atoms with Gasteiger partial charge in [0, 0.05) is 49.6 Å². The van der Waals surface area contributed by atoms with Gasteiger partial charge in [0.15, 0.2) is 0 Å². The Balaban J connectivity index is 1.32. The molecule has 0 spiro atoms. The van der Waals surface area contributed by atoms with E-state index in [2.05, 4.69) is 15.2 Å². The third-order valence-corrected chi connectivity index (χ3v) is 7.83. The van der Waals surface area contributed by atoms with Crippen LogP contribution in [0.3, 0.4) is 0 Å². The predicted octanol–water partition coefficient (Wildman–Crippen LogP) is 3.28. The molecule has 14 heteroatoms. The number of fused-ring (bicyclic) bond motifs is 3. The minimum Gasteiger partial charge on any atom is -0.343 e. The van der Waals surface area contributed by atoms with Gasteiger partial charge in [0.2, 0.25) is 11.8 Å². The van der Waals surface area contributed by atoms with Crippen molar-refractivity contribution >= 4 is 34.3 Å². The van der Waals surface area contributed by atoms with Gasteiger partial charge in [-0.1, -0.05) is 11.6 Å². The van der Waals surface area contributed by atoms with Crippen molar-refractivity contribution in [2.45, 2.75) is 50.9 Å². The summed E-state index contributed by atoms with van der Waals surface area (Å²) in [7, 11) is 0. The van der Waals surface area contributed by atoms with Crippen molar-refractivity contribution in [3.05, 3.63) is 50.8 Å². The number of likely N-dealkylation sites (tertiary alicyclic amines) is 1. The number of hydrogen-bond acceptors (Lipinski definition) is 5. The number of nitrogens with one attached hydrogen (secondary N) is 2. The molecule has 2 N–H and O–H groups in total. The fourth-order valence-electron chi connectivity index (χ4n) is 5.58. The molecule has 0 aliphatic carbocycles. The second kappa shape index (κ2) is 10.4. The predicted molar refractivity (Wildman–Crippen MR) is 134 cm³/mol. The van der Waals surface area contributed by atoms with Crippen molar-refractivity contribution in [3.8, 4) is 6.07 Å². The smallest absolute Gasteiger partial charge is 0.343 e. The summed E-state index contributed by atoms with van der Waals surface area (Å²) in [6.45, 7) is -1.05. The van der Waals surface area contributed by atoms with Crippen LogP contribution in [0.2, 0.25) is 5.02 Å². The van der Waals surface area contributed by atoms with Crippen molar-refractivity contribution in [1.29, 1.82) is 5.26 Å². The monoisotopic (exact) mass is 563 g/mol. The highest BCUT2D eigenvalue weighted by Gasteiger charge is 2.38. The topological polar surface area (TPSA) is 131 Å². The molecule has 0 bridgehead atoms. The van der Waals surface area contributed by atoms with Gasteiger partial charge in [0.25, 0.3) is 0 Å². The summed E-state index contributed by atoms with van der Waals surface area (Å²) in [5, 5.41) is 16.7. The number of nitriles is 1. The zero-order valence-corrected chi connectivity index (χ0v) is 21.5. The average molecular weight is 564 g/mol. The second-order valence-corrected chi connectivity index (χ2v) is 10.4. The maximum absolute atomic E-state index is 13.5. The molecule has 4 heterocycles. The average Bonchev–Trinajstić information content (AvgIpc) is 3.53. The van der Waals surface area contributed by atoms with E-state index in [-0.39, 0.29) is 37.0 Å². The van der Waals surface area contributed by atoms with E-state index >= 15 is 0 Å². The molecule has 2 aliphatic heterocycles. The van der Waals surface area contributed by atoms with Crippen LogP contribution in [0.25, 0.3) is 10.9 Å². The van der Waals surface area contributed by atoms with E-state index in [1.165, 1.54) is 17.0 Å². The number of amides is 2. The number of imidazole rings is 1. The number of aryl methyl sites for hydroxylation is 1. The van der Waals surface area contributed by atoms with E-state index in [9.17, 15) is 27.6 Å². The quantitative estimate of drug-likeness (QED) is 0.503. The third-order valence-electron chi connectivity index (χ3n) is 7.53. The van der Waals surface area contributed by atoms with Gasteiger partial charge in [0.1, 0.15) is 18.3 Å². The number of halogens is 4. The second-order valence-electron chi connectivity index (χ2n) is 10.0. The number of aromatic amines is 2. The summed E-state index contributed by atoms with van der Waals surface area (Å²) in [4.78, 5) is 43.5. The number of carbonyl (C=O) groups is 2. The van der Waals surface area contributed by atoms with Crippen molar-refractivity contribution < 1.29 is 22.8 Å². The number of piperidine rings is 1. The van der Waals surface area contributed by atoms with Gasteiger partial charge in [0.05, 0.1) is 16.7 Å². The first-order valence-corrected chi connectivity index (χ1v) is 12.9. The number of hydrogen-bond donors (Lipinski definition) is 2. The molecule has 3 aromatic rings. The van der Waals surface area contributed by atoms with Gasteiger partial charge >= 0.3 is 11.9 Å². The molecule has 0 radical (unpaired) electrons. The minimum atomic E-state index is -4.62. The molecule has 1 aromatic carbocycles. The molecule has 2 amide bonds. The number of aromatic nitrogens is 4. The van der Waals surface area contributed by atoms with Crippen molar-refractivity contribution in [2.24, 2.45) is 5.92 Å². The number of nitrogens with zero attached hydrogens (tertiary/aromatic N) is 5. The lowest BCUT2D eigenvalue weighted by molar-refractivity contribution is -0.166. The van der Waals surface area contributed by atoms with E-state index in [4.69, 9.17) is 16.9 Å². The zero-order chi connectivity index (χ0) is 27.9. The molecule has 10 nitrogen and oxygen atoms in total. The largest absolute Gasteiger partial charge is 0.406 e. The molecule has 2 aliphatic rings. The van der Waals surface area contributed by atoms with Crippen molar-refractivity contribution in [3.63, 3.8) is 0 Å². The van der Waals surface area contributed by atoms with Crippen LogP contribution in [0.5, 0.6) is 0 Å². The van der Waals surface area contributed by atoms with Crippen LogP contribution < -0.4 is 5.69 Å². The highest BCUT2D eigenvalue weighted by atomic mass is 35.5. The van der Waals surface area contributed by atoms with Crippen LogP contribution in [0, 0.1) is 17.2 Å². The zero-order valence-electron chi connectivity index (χ0n) is 20.7. The highest BCUT2D eigenvalue weighted by molar-refractivity contribution is 6.35. The Morgan fingerprint density at radius 3 is 2.64 bits per heavy atom. The molecule has 1 saturated heterocycles. The Labute approximate surface area is 225 Å². The van der Waals surface area contributed by atoms with Crippen LogP contribution in [0.1, 0.15) is 48.5 Å². The Hall–Kier alpha value is -3.79. The molecule has 5 rings (SSSR count). The van der Waals surface area contributed by atoms with E-state index in [0.29, 0.717) is 53.8 Å². The van der Waals surface area contributed by atoms with Crippen LogP contribution in [0.4, 0.5) is 13.2 Å². The first-order valence-electron chi connectivity index (χ1n) is 12.5. The summed E-state index contributed by atoms with van der Waals surface area (Å²) in [6.07, 6.45) is -0.372. The molecule has 206 valence electrons. The Morgan fingerprint density at radius 2 is 1.97 bits per heavy atom. The maximum Gasteiger partial charge on any atom is 0.406 e. The molecular formula is C25H25ClF3N7O3. The fourth-order valence-corrected chi connectivity index (χ4v) is 5.86. The van der Waals surface area contributed by atoms with Crippen LogP contribution >= 0.6 is 11.6 Å². The Bertz CT molecular complexity index is 1510. The minimum absolute atomic E-state index is 0.154. The van der Waals surface area contributed by atoms with Crippen molar-refractivity contribution in [1.82, 2.24) is 29.5 Å². The molecular weight excluding hydrogens is 539 g/mol. The fraction of sp³-hybridized carbons (Fsp3) is 0.480. The first-order chi connectivity index (χ1) is 18.5. The van der Waals surface area contributed by atoms with Crippen LogP contribution in [0.15, 0.2) is 23.3 Å². The maximum atomic E-state index is 13.5. The summed E-state index contributed by atoms with van der Waals surface area (Å²) in [6, 6.07) is 3.38. The standard InChI is InChI=1S/C25H25ClF3N7O3/c26-20-7-14-1-2-15(23(38)35(13-25(27,28)29)12-19(14)18-10-31-33-22(18)20)8-21(37)34-5-3-17(4-6-34)36-11-16(9-30)32-24(36)39/h7,10-11,15,17H,1-6,8,12-13H2,(H,31,33)(H,32,39)/t15-/m0/s1. The van der Waals surface area contributed by atoms with Crippen molar-refractivity contribution in [2.75, 3.05) is 19.6 Å². The molecule has 0 unspecified atom stereocenters. The van der Waals surface area contributed by atoms with E-state index in [0.717, 1.165) is 10.5 Å². The molecule has 0 saturated carbocycles. The van der Waals surface area contributed by atoms with Gasteiger partial charge in [-0.05, 0) is 42.9 Å². The lowest BCUT2D eigenvalue weighted by Gasteiger charge is -2.35.